The van der Waals surface area contributed by atoms with Crippen LogP contribution in [-0.4, -0.2) is 98.2 Å². The molecule has 2 saturated heterocycles. The highest BCUT2D eigenvalue weighted by molar-refractivity contribution is 14.1. The quantitative estimate of drug-likeness (QED) is 0.141. The number of hydrogen-bond acceptors (Lipinski definition) is 9. The van der Waals surface area contributed by atoms with Crippen molar-refractivity contribution in [2.45, 2.75) is 39.3 Å². The van der Waals surface area contributed by atoms with Crippen LogP contribution in [0.3, 0.4) is 0 Å². The predicted molar refractivity (Wildman–Crippen MR) is 190 cm³/mol. The number of carbonyl (C=O) groups excluding carboxylic acids is 1. The van der Waals surface area contributed by atoms with Gasteiger partial charge in [-0.05, 0) is 57.5 Å². The number of nitrogens with two attached hydrogens (primary N) is 1. The SMILES string of the molecule is C=CC(=O)N1C[C@H](C)N(c2nc(NCCCN3CCOCC3)nc3c(F)c(-c4c(C)ccc5c4c(N)nn5I)c(Cl)cc23)C[C@H]1C. The van der Waals surface area contributed by atoms with Crippen LogP contribution in [0, 0.1) is 12.7 Å². The Bertz CT molecular complexity index is 1810. The lowest BCUT2D eigenvalue weighted by Crippen LogP contribution is -2.58. The standard InChI is InChI=1S/C32H38ClFIN9O2/c1-5-24(45)42-16-20(4)43(17-19(42)3)31-21-15-22(33)26(25-18(2)7-8-23-27(25)30(36)40-44(23)35)28(34)29(21)38-32(39-31)37-9-6-10-41-11-13-46-14-12-41/h5,7-8,15,19-20H,1,6,9-14,16-17H2,2-4H3,(H2,36,40)(H,37,38,39)/t19-,20+/m1/s1. The number of nitrogens with one attached hydrogen (secondary N) is 1. The number of aryl methyl sites for hydroxylation is 1. The fourth-order valence-electron chi connectivity index (χ4n) is 6.51. The molecule has 3 N–H and O–H groups in total. The lowest BCUT2D eigenvalue weighted by Gasteiger charge is -2.44. The summed E-state index contributed by atoms with van der Waals surface area (Å²) in [7, 11) is 0. The zero-order chi connectivity index (χ0) is 32.7. The largest absolute Gasteiger partial charge is 0.382 e. The van der Waals surface area contributed by atoms with E-state index in [0.717, 1.165) is 50.3 Å². The number of fused-ring (bicyclic) bond motifs is 2. The molecule has 14 heteroatoms. The number of amides is 1. The molecular formula is C32H38ClFIN9O2. The fourth-order valence-corrected chi connectivity index (χ4v) is 7.43. The average molecular weight is 762 g/mol. The van der Waals surface area contributed by atoms with Gasteiger partial charge in [0, 0.05) is 61.3 Å². The summed E-state index contributed by atoms with van der Waals surface area (Å²) in [6, 6.07) is 5.33. The molecule has 11 nitrogen and oxygen atoms in total. The molecule has 46 heavy (non-hydrogen) atoms. The summed E-state index contributed by atoms with van der Waals surface area (Å²) >= 11 is 9.03. The number of nitrogen functional groups attached to an aromatic ring is 1. The van der Waals surface area contributed by atoms with Gasteiger partial charge in [0.25, 0.3) is 0 Å². The van der Waals surface area contributed by atoms with Crippen LogP contribution < -0.4 is 16.0 Å². The lowest BCUT2D eigenvalue weighted by atomic mass is 9.94. The number of carbonyl (C=O) groups is 1. The Morgan fingerprint density at radius 2 is 1.98 bits per heavy atom. The van der Waals surface area contributed by atoms with Crippen LogP contribution in [0.25, 0.3) is 32.9 Å². The molecule has 1 amide bonds. The van der Waals surface area contributed by atoms with Crippen LogP contribution in [-0.2, 0) is 9.53 Å². The van der Waals surface area contributed by atoms with E-state index in [1.807, 2.05) is 32.9 Å². The van der Waals surface area contributed by atoms with E-state index >= 15 is 4.39 Å². The first-order chi connectivity index (χ1) is 22.1. The smallest absolute Gasteiger partial charge is 0.246 e. The molecule has 244 valence electrons. The summed E-state index contributed by atoms with van der Waals surface area (Å²) in [6.07, 6.45) is 2.20. The Kier molecular flexibility index (Phi) is 9.55. The van der Waals surface area contributed by atoms with E-state index in [1.165, 1.54) is 6.08 Å². The van der Waals surface area contributed by atoms with E-state index in [2.05, 4.69) is 49.7 Å². The van der Waals surface area contributed by atoms with Gasteiger partial charge in [-0.25, -0.2) is 12.3 Å². The Balaban J connectivity index is 1.45. The molecule has 2 aromatic carbocycles. The number of ether oxygens (including phenoxy) is 1. The van der Waals surface area contributed by atoms with Crippen molar-refractivity contribution < 1.29 is 13.9 Å². The second-order valence-corrected chi connectivity index (χ2v) is 13.3. The number of nitrogens with zero attached hydrogens (tertiary/aromatic N) is 7. The third-order valence-corrected chi connectivity index (χ3v) is 9.94. The van der Waals surface area contributed by atoms with E-state index < -0.39 is 5.82 Å². The minimum Gasteiger partial charge on any atom is -0.382 e. The van der Waals surface area contributed by atoms with Gasteiger partial charge in [0.1, 0.15) is 11.3 Å². The molecule has 0 aliphatic carbocycles. The zero-order valence-corrected chi connectivity index (χ0v) is 29.1. The molecule has 2 aliphatic rings. The average Bonchev–Trinajstić information content (AvgIpc) is 3.33. The Labute approximate surface area is 286 Å². The molecule has 4 heterocycles. The van der Waals surface area contributed by atoms with Gasteiger partial charge in [-0.3, -0.25) is 9.69 Å². The molecule has 2 aromatic heterocycles. The molecule has 2 aliphatic heterocycles. The Hall–Kier alpha value is -3.27. The highest BCUT2D eigenvalue weighted by Crippen LogP contribution is 2.44. The topological polar surface area (TPSA) is 118 Å². The number of piperazine rings is 1. The van der Waals surface area contributed by atoms with Gasteiger partial charge >= 0.3 is 0 Å². The summed E-state index contributed by atoms with van der Waals surface area (Å²) in [5, 5.41) is 9.08. The highest BCUT2D eigenvalue weighted by atomic mass is 127. The normalized spacial score (nSPS) is 19.3. The third kappa shape index (κ3) is 6.09. The second-order valence-electron chi connectivity index (χ2n) is 12.0. The number of halogens is 3. The molecule has 2 fully saturated rings. The molecule has 0 saturated carbocycles. The van der Waals surface area contributed by atoms with Crippen LogP contribution in [0.5, 0.6) is 0 Å². The van der Waals surface area contributed by atoms with Crippen molar-refractivity contribution in [2.75, 3.05) is 68.4 Å². The molecule has 0 unspecified atom stereocenters. The number of rotatable bonds is 8. The maximum Gasteiger partial charge on any atom is 0.246 e. The van der Waals surface area contributed by atoms with Crippen molar-refractivity contribution in [2.24, 2.45) is 0 Å². The van der Waals surface area contributed by atoms with Crippen molar-refractivity contribution in [3.8, 4) is 11.1 Å². The van der Waals surface area contributed by atoms with Crippen molar-refractivity contribution >= 4 is 79.8 Å². The molecule has 2 atom stereocenters. The van der Waals surface area contributed by atoms with Crippen LogP contribution >= 0.6 is 34.5 Å². The van der Waals surface area contributed by atoms with E-state index in [1.54, 1.807) is 13.9 Å². The van der Waals surface area contributed by atoms with Crippen LogP contribution in [0.15, 0.2) is 30.9 Å². The molecule has 0 spiro atoms. The van der Waals surface area contributed by atoms with Gasteiger partial charge in [0.15, 0.2) is 11.6 Å². The predicted octanol–water partition coefficient (Wildman–Crippen LogP) is 5.27. The molecule has 4 aromatic rings. The number of hydrogen-bond donors (Lipinski definition) is 2. The summed E-state index contributed by atoms with van der Waals surface area (Å²) in [5.41, 5.74) is 8.88. The number of anilines is 3. The van der Waals surface area contributed by atoms with E-state index in [0.29, 0.717) is 53.6 Å². The van der Waals surface area contributed by atoms with Crippen molar-refractivity contribution in [3.05, 3.63) is 47.3 Å². The van der Waals surface area contributed by atoms with Crippen LogP contribution in [0.4, 0.5) is 22.0 Å². The van der Waals surface area contributed by atoms with E-state index in [-0.39, 0.29) is 34.1 Å². The monoisotopic (exact) mass is 761 g/mol. The summed E-state index contributed by atoms with van der Waals surface area (Å²) in [5.74, 6) is 0.508. The van der Waals surface area contributed by atoms with Crippen LogP contribution in [0.2, 0.25) is 5.02 Å². The maximum atomic E-state index is 17.0. The Morgan fingerprint density at radius 3 is 2.72 bits per heavy atom. The van der Waals surface area contributed by atoms with Gasteiger partial charge < -0.3 is 25.6 Å². The van der Waals surface area contributed by atoms with Crippen LogP contribution in [0.1, 0.15) is 25.8 Å². The maximum absolute atomic E-state index is 17.0. The fraction of sp³-hybridized carbons (Fsp3) is 0.438. The molecule has 0 radical (unpaired) electrons. The summed E-state index contributed by atoms with van der Waals surface area (Å²) in [6.45, 7) is 15.4. The van der Waals surface area contributed by atoms with Crippen molar-refractivity contribution in [3.63, 3.8) is 0 Å². The number of morpholine rings is 1. The van der Waals surface area contributed by atoms with Gasteiger partial charge in [0.05, 0.1) is 52.0 Å². The zero-order valence-electron chi connectivity index (χ0n) is 26.2. The molecule has 6 rings (SSSR count). The van der Waals surface area contributed by atoms with Crippen molar-refractivity contribution in [1.82, 2.24) is 27.8 Å². The first kappa shape index (κ1) is 32.7. The van der Waals surface area contributed by atoms with Gasteiger partial charge in [0.2, 0.25) is 11.9 Å². The second kappa shape index (κ2) is 13.5. The first-order valence-electron chi connectivity index (χ1n) is 15.5. The van der Waals surface area contributed by atoms with E-state index in [9.17, 15) is 4.79 Å². The van der Waals surface area contributed by atoms with Gasteiger partial charge in [-0.1, -0.05) is 24.2 Å². The summed E-state index contributed by atoms with van der Waals surface area (Å²) < 4.78 is 24.1. The first-order valence-corrected chi connectivity index (χ1v) is 16.8. The number of benzene rings is 2. The Morgan fingerprint density at radius 1 is 1.22 bits per heavy atom. The third-order valence-electron chi connectivity index (χ3n) is 8.91. The highest BCUT2D eigenvalue weighted by Gasteiger charge is 2.34. The molecular weight excluding hydrogens is 724 g/mol. The lowest BCUT2D eigenvalue weighted by molar-refractivity contribution is -0.128. The van der Waals surface area contributed by atoms with Crippen molar-refractivity contribution in [1.29, 1.82) is 0 Å². The minimum absolute atomic E-state index is 0.112. The minimum atomic E-state index is -0.556. The molecule has 0 bridgehead atoms. The van der Waals surface area contributed by atoms with Gasteiger partial charge in [-0.15, -0.1) is 5.10 Å². The summed E-state index contributed by atoms with van der Waals surface area (Å²) in [4.78, 5) is 28.5. The number of aromatic nitrogens is 4. The van der Waals surface area contributed by atoms with Gasteiger partial charge in [-0.2, -0.15) is 4.98 Å². The van der Waals surface area contributed by atoms with E-state index in [4.69, 9.17) is 32.0 Å².